The van der Waals surface area contributed by atoms with Crippen LogP contribution in [0.4, 0.5) is 5.82 Å². The molecule has 2 fully saturated rings. The Labute approximate surface area is 113 Å². The van der Waals surface area contributed by atoms with Crippen LogP contribution in [0.25, 0.3) is 0 Å². The van der Waals surface area contributed by atoms with E-state index in [1.807, 2.05) is 6.07 Å². The van der Waals surface area contributed by atoms with Crippen LogP contribution in [0.2, 0.25) is 0 Å². The van der Waals surface area contributed by atoms with Gasteiger partial charge in [-0.25, -0.2) is 9.97 Å². The first-order valence-electron chi connectivity index (χ1n) is 7.14. The molecule has 0 unspecified atom stereocenters. The topological polar surface area (TPSA) is 58.1 Å². The Hall–Kier alpha value is -1.65. The first kappa shape index (κ1) is 12.4. The molecule has 3 rings (SSSR count). The summed E-state index contributed by atoms with van der Waals surface area (Å²) in [4.78, 5) is 22.5. The molecule has 0 bridgehead atoms. The van der Waals surface area contributed by atoms with Crippen molar-refractivity contribution in [2.24, 2.45) is 5.92 Å². The van der Waals surface area contributed by atoms with Gasteiger partial charge in [0.15, 0.2) is 0 Å². The fourth-order valence-electron chi connectivity index (χ4n) is 2.71. The molecule has 5 heteroatoms. The highest BCUT2D eigenvalue weighted by atomic mass is 16.1. The third kappa shape index (κ3) is 2.85. The summed E-state index contributed by atoms with van der Waals surface area (Å²) < 4.78 is 0. The molecule has 0 aromatic carbocycles. The van der Waals surface area contributed by atoms with Crippen molar-refractivity contribution in [3.63, 3.8) is 0 Å². The number of piperidine rings is 1. The van der Waals surface area contributed by atoms with Crippen molar-refractivity contribution in [3.05, 3.63) is 18.6 Å². The van der Waals surface area contributed by atoms with Gasteiger partial charge in [0, 0.05) is 31.2 Å². The van der Waals surface area contributed by atoms with Crippen molar-refractivity contribution < 1.29 is 4.79 Å². The van der Waals surface area contributed by atoms with Crippen LogP contribution in [0.5, 0.6) is 0 Å². The molecule has 102 valence electrons. The van der Waals surface area contributed by atoms with Crippen molar-refractivity contribution in [2.45, 2.75) is 38.1 Å². The van der Waals surface area contributed by atoms with Crippen LogP contribution in [0.3, 0.4) is 0 Å². The molecule has 1 aliphatic heterocycles. The number of nitrogens with one attached hydrogen (secondary N) is 1. The average molecular weight is 260 g/mol. The van der Waals surface area contributed by atoms with Crippen LogP contribution < -0.4 is 10.2 Å². The SMILES string of the molecule is O=C(NC1CCC1)C1CCN(c2ccncn2)CC1. The molecule has 2 heterocycles. The Balaban J connectivity index is 1.50. The summed E-state index contributed by atoms with van der Waals surface area (Å²) in [6.45, 7) is 1.81. The largest absolute Gasteiger partial charge is 0.356 e. The summed E-state index contributed by atoms with van der Waals surface area (Å²) in [5, 5.41) is 3.16. The minimum Gasteiger partial charge on any atom is -0.356 e. The van der Waals surface area contributed by atoms with Gasteiger partial charge in [-0.15, -0.1) is 0 Å². The summed E-state index contributed by atoms with van der Waals surface area (Å²) in [5.74, 6) is 1.40. The Morgan fingerprint density at radius 3 is 2.63 bits per heavy atom. The molecule has 1 aromatic rings. The first-order chi connectivity index (χ1) is 9.33. The fourth-order valence-corrected chi connectivity index (χ4v) is 2.71. The predicted octanol–water partition coefficient (Wildman–Crippen LogP) is 1.36. The number of carbonyl (C=O) groups excluding carboxylic acids is 1. The molecule has 1 N–H and O–H groups in total. The van der Waals surface area contributed by atoms with E-state index in [0.717, 1.165) is 44.6 Å². The second-order valence-corrected chi connectivity index (χ2v) is 5.47. The lowest BCUT2D eigenvalue weighted by molar-refractivity contribution is -0.126. The first-order valence-corrected chi connectivity index (χ1v) is 7.14. The minimum atomic E-state index is 0.179. The Morgan fingerprint density at radius 2 is 2.05 bits per heavy atom. The van der Waals surface area contributed by atoms with Crippen molar-refractivity contribution in [1.82, 2.24) is 15.3 Å². The molecule has 1 aromatic heterocycles. The van der Waals surface area contributed by atoms with Gasteiger partial charge in [-0.2, -0.15) is 0 Å². The zero-order valence-corrected chi connectivity index (χ0v) is 11.1. The van der Waals surface area contributed by atoms with Gasteiger partial charge in [-0.1, -0.05) is 0 Å². The Morgan fingerprint density at radius 1 is 1.26 bits per heavy atom. The maximum absolute atomic E-state index is 12.1. The molecule has 1 saturated carbocycles. The second kappa shape index (κ2) is 5.55. The summed E-state index contributed by atoms with van der Waals surface area (Å²) >= 11 is 0. The molecule has 1 aliphatic carbocycles. The lowest BCUT2D eigenvalue weighted by atomic mass is 9.90. The lowest BCUT2D eigenvalue weighted by Crippen LogP contribution is -2.46. The predicted molar refractivity (Wildman–Crippen MR) is 72.8 cm³/mol. The van der Waals surface area contributed by atoms with Crippen LogP contribution in [-0.4, -0.2) is 35.0 Å². The monoisotopic (exact) mass is 260 g/mol. The number of carbonyl (C=O) groups is 1. The maximum Gasteiger partial charge on any atom is 0.223 e. The van der Waals surface area contributed by atoms with E-state index in [1.54, 1.807) is 12.5 Å². The van der Waals surface area contributed by atoms with E-state index in [9.17, 15) is 4.79 Å². The van der Waals surface area contributed by atoms with Gasteiger partial charge < -0.3 is 10.2 Å². The fraction of sp³-hybridized carbons (Fsp3) is 0.643. The van der Waals surface area contributed by atoms with Crippen LogP contribution in [0.15, 0.2) is 18.6 Å². The minimum absolute atomic E-state index is 0.179. The third-order valence-corrected chi connectivity index (χ3v) is 4.21. The number of amides is 1. The molecule has 0 atom stereocenters. The van der Waals surface area contributed by atoms with Crippen LogP contribution >= 0.6 is 0 Å². The smallest absolute Gasteiger partial charge is 0.223 e. The van der Waals surface area contributed by atoms with E-state index >= 15 is 0 Å². The zero-order valence-electron chi connectivity index (χ0n) is 11.1. The molecule has 5 nitrogen and oxygen atoms in total. The summed E-state index contributed by atoms with van der Waals surface area (Å²) in [7, 11) is 0. The molecule has 2 aliphatic rings. The highest BCUT2D eigenvalue weighted by Crippen LogP contribution is 2.23. The van der Waals surface area contributed by atoms with Gasteiger partial charge in [-0.3, -0.25) is 4.79 Å². The standard InChI is InChI=1S/C14H20N4O/c19-14(17-12-2-1-3-12)11-5-8-18(9-6-11)13-4-7-15-10-16-13/h4,7,10-12H,1-3,5-6,8-9H2,(H,17,19). The Kier molecular flexibility index (Phi) is 3.62. The average Bonchev–Trinajstić information content (AvgIpc) is 2.44. The number of aromatic nitrogens is 2. The molecule has 0 spiro atoms. The van der Waals surface area contributed by atoms with Crippen molar-refractivity contribution in [2.75, 3.05) is 18.0 Å². The van der Waals surface area contributed by atoms with Crippen LogP contribution in [0.1, 0.15) is 32.1 Å². The molecule has 0 radical (unpaired) electrons. The lowest BCUT2D eigenvalue weighted by Gasteiger charge is -2.34. The van der Waals surface area contributed by atoms with Crippen molar-refractivity contribution >= 4 is 11.7 Å². The van der Waals surface area contributed by atoms with Gasteiger partial charge in [0.1, 0.15) is 12.1 Å². The Bertz CT molecular complexity index is 424. The van der Waals surface area contributed by atoms with Gasteiger partial charge in [-0.05, 0) is 38.2 Å². The maximum atomic E-state index is 12.1. The van der Waals surface area contributed by atoms with E-state index in [2.05, 4.69) is 20.2 Å². The molecule has 1 saturated heterocycles. The van der Waals surface area contributed by atoms with Crippen molar-refractivity contribution in [3.8, 4) is 0 Å². The van der Waals surface area contributed by atoms with E-state index in [-0.39, 0.29) is 11.8 Å². The number of nitrogens with zero attached hydrogens (tertiary/aromatic N) is 3. The van der Waals surface area contributed by atoms with Gasteiger partial charge in [0.2, 0.25) is 5.91 Å². The summed E-state index contributed by atoms with van der Waals surface area (Å²) in [6.07, 6.45) is 8.75. The summed E-state index contributed by atoms with van der Waals surface area (Å²) in [6, 6.07) is 2.38. The normalized spacial score (nSPS) is 20.9. The number of rotatable bonds is 3. The number of hydrogen-bond donors (Lipinski definition) is 1. The van der Waals surface area contributed by atoms with E-state index in [0.29, 0.717) is 6.04 Å². The van der Waals surface area contributed by atoms with E-state index in [4.69, 9.17) is 0 Å². The van der Waals surface area contributed by atoms with Gasteiger partial charge in [0.25, 0.3) is 0 Å². The van der Waals surface area contributed by atoms with E-state index in [1.165, 1.54) is 6.42 Å². The third-order valence-electron chi connectivity index (χ3n) is 4.21. The van der Waals surface area contributed by atoms with Crippen molar-refractivity contribution in [1.29, 1.82) is 0 Å². The van der Waals surface area contributed by atoms with Gasteiger partial charge in [0.05, 0.1) is 0 Å². The van der Waals surface area contributed by atoms with Crippen LogP contribution in [0, 0.1) is 5.92 Å². The summed E-state index contributed by atoms with van der Waals surface area (Å²) in [5.41, 5.74) is 0. The van der Waals surface area contributed by atoms with Crippen LogP contribution in [-0.2, 0) is 4.79 Å². The molecular formula is C14H20N4O. The number of anilines is 1. The van der Waals surface area contributed by atoms with E-state index < -0.39 is 0 Å². The highest BCUT2D eigenvalue weighted by Gasteiger charge is 2.28. The molecular weight excluding hydrogens is 240 g/mol. The highest BCUT2D eigenvalue weighted by molar-refractivity contribution is 5.79. The molecule has 19 heavy (non-hydrogen) atoms. The molecule has 1 amide bonds. The number of hydrogen-bond acceptors (Lipinski definition) is 4. The van der Waals surface area contributed by atoms with Gasteiger partial charge >= 0.3 is 0 Å². The zero-order chi connectivity index (χ0) is 13.1. The second-order valence-electron chi connectivity index (χ2n) is 5.47. The quantitative estimate of drug-likeness (QED) is 0.891.